The Morgan fingerprint density at radius 2 is 1.68 bits per heavy atom. The molecule has 22 heavy (non-hydrogen) atoms. The van der Waals surface area contributed by atoms with Gasteiger partial charge < -0.3 is 0 Å². The molecule has 112 valence electrons. The molecule has 2 aromatic carbocycles. The van der Waals surface area contributed by atoms with Gasteiger partial charge >= 0.3 is 0 Å². The molecule has 1 aliphatic carbocycles. The van der Waals surface area contributed by atoms with Crippen molar-refractivity contribution in [2.75, 3.05) is 0 Å². The van der Waals surface area contributed by atoms with Gasteiger partial charge in [-0.3, -0.25) is 5.43 Å². The van der Waals surface area contributed by atoms with E-state index in [1.165, 1.54) is 42.4 Å². The molecule has 3 heteroatoms. The standard InChI is InChI=1S/C19H20N2S/c1-14(20-21-19(22)16-8-3-2-4-9-16)17-12-11-15-7-5-6-10-18(15)13-17/h2-4,8-9,11-13H,5-7,10H2,1H3,(H,21,22)/b20-14+. The van der Waals surface area contributed by atoms with Crippen LogP contribution < -0.4 is 5.43 Å². The van der Waals surface area contributed by atoms with Crippen LogP contribution in [0.5, 0.6) is 0 Å². The summed E-state index contributed by atoms with van der Waals surface area (Å²) >= 11 is 5.37. The molecular weight excluding hydrogens is 288 g/mol. The van der Waals surface area contributed by atoms with Crippen molar-refractivity contribution in [3.05, 3.63) is 70.8 Å². The number of aryl methyl sites for hydroxylation is 2. The Hall–Kier alpha value is -2.00. The topological polar surface area (TPSA) is 24.4 Å². The Balaban J connectivity index is 1.73. The van der Waals surface area contributed by atoms with Gasteiger partial charge in [-0.1, -0.05) is 54.7 Å². The van der Waals surface area contributed by atoms with Gasteiger partial charge in [0.25, 0.3) is 0 Å². The molecule has 0 unspecified atom stereocenters. The van der Waals surface area contributed by atoms with Crippen molar-refractivity contribution >= 4 is 22.9 Å². The van der Waals surface area contributed by atoms with Crippen molar-refractivity contribution in [3.8, 4) is 0 Å². The van der Waals surface area contributed by atoms with E-state index in [0.29, 0.717) is 4.99 Å². The van der Waals surface area contributed by atoms with E-state index in [4.69, 9.17) is 12.2 Å². The van der Waals surface area contributed by atoms with Crippen LogP contribution in [0.1, 0.15) is 42.0 Å². The maximum absolute atomic E-state index is 5.37. The minimum atomic E-state index is 0.651. The fourth-order valence-electron chi connectivity index (χ4n) is 2.81. The molecule has 0 fully saturated rings. The van der Waals surface area contributed by atoms with Gasteiger partial charge in [0.2, 0.25) is 0 Å². The molecule has 0 spiro atoms. The molecule has 0 radical (unpaired) electrons. The van der Waals surface area contributed by atoms with Crippen LogP contribution in [-0.4, -0.2) is 10.7 Å². The second-order valence-corrected chi connectivity index (χ2v) is 6.10. The summed E-state index contributed by atoms with van der Waals surface area (Å²) in [5.74, 6) is 0. The van der Waals surface area contributed by atoms with Crippen molar-refractivity contribution in [1.82, 2.24) is 5.43 Å². The van der Waals surface area contributed by atoms with Gasteiger partial charge in [-0.15, -0.1) is 0 Å². The zero-order valence-electron chi connectivity index (χ0n) is 12.8. The lowest BCUT2D eigenvalue weighted by Gasteiger charge is -2.16. The highest BCUT2D eigenvalue weighted by molar-refractivity contribution is 7.80. The van der Waals surface area contributed by atoms with Gasteiger partial charge in [0, 0.05) is 5.56 Å². The molecule has 0 saturated heterocycles. The van der Waals surface area contributed by atoms with E-state index in [1.54, 1.807) is 0 Å². The number of thiocarbonyl (C=S) groups is 1. The summed E-state index contributed by atoms with van der Waals surface area (Å²) in [5.41, 5.74) is 9.09. The minimum absolute atomic E-state index is 0.651. The summed E-state index contributed by atoms with van der Waals surface area (Å²) in [6.07, 6.45) is 5.00. The summed E-state index contributed by atoms with van der Waals surface area (Å²) in [4.78, 5) is 0.651. The highest BCUT2D eigenvalue weighted by atomic mass is 32.1. The normalized spacial score (nSPS) is 14.3. The van der Waals surface area contributed by atoms with Crippen molar-refractivity contribution in [3.63, 3.8) is 0 Å². The predicted molar refractivity (Wildman–Crippen MR) is 96.6 cm³/mol. The molecule has 3 rings (SSSR count). The third-order valence-corrected chi connectivity index (χ3v) is 4.45. The molecule has 1 N–H and O–H groups in total. The highest BCUT2D eigenvalue weighted by Crippen LogP contribution is 2.22. The summed E-state index contributed by atoms with van der Waals surface area (Å²) in [6, 6.07) is 16.6. The van der Waals surface area contributed by atoms with Crippen molar-refractivity contribution in [2.24, 2.45) is 5.10 Å². The van der Waals surface area contributed by atoms with Crippen LogP contribution in [0, 0.1) is 0 Å². The molecule has 0 aromatic heterocycles. The lowest BCUT2D eigenvalue weighted by atomic mass is 9.90. The first-order chi connectivity index (χ1) is 10.7. The SMILES string of the molecule is C/C(=N\NC(=S)c1ccccc1)c1ccc2c(c1)CCCC2. The van der Waals surface area contributed by atoms with Gasteiger partial charge in [0.15, 0.2) is 0 Å². The van der Waals surface area contributed by atoms with Gasteiger partial charge in [0.05, 0.1) is 5.71 Å². The summed E-state index contributed by atoms with van der Waals surface area (Å²) in [5, 5.41) is 4.45. The first kappa shape index (κ1) is 14.9. The Morgan fingerprint density at radius 3 is 2.45 bits per heavy atom. The van der Waals surface area contributed by atoms with Crippen LogP contribution in [-0.2, 0) is 12.8 Å². The first-order valence-electron chi connectivity index (χ1n) is 7.76. The Morgan fingerprint density at radius 1 is 0.955 bits per heavy atom. The fraction of sp³-hybridized carbons (Fsp3) is 0.263. The molecule has 0 bridgehead atoms. The maximum atomic E-state index is 5.37. The van der Waals surface area contributed by atoms with E-state index in [0.717, 1.165) is 11.3 Å². The van der Waals surface area contributed by atoms with Crippen LogP contribution in [0.4, 0.5) is 0 Å². The van der Waals surface area contributed by atoms with Crippen LogP contribution in [0.3, 0.4) is 0 Å². The van der Waals surface area contributed by atoms with E-state index in [-0.39, 0.29) is 0 Å². The highest BCUT2D eigenvalue weighted by Gasteiger charge is 2.10. The molecule has 2 aromatic rings. The summed E-state index contributed by atoms with van der Waals surface area (Å²) in [7, 11) is 0. The predicted octanol–water partition coefficient (Wildman–Crippen LogP) is 4.25. The van der Waals surface area contributed by atoms with Crippen molar-refractivity contribution < 1.29 is 0 Å². The van der Waals surface area contributed by atoms with E-state index in [2.05, 4.69) is 28.7 Å². The lowest BCUT2D eigenvalue weighted by molar-refractivity contribution is 0.685. The molecule has 0 heterocycles. The first-order valence-corrected chi connectivity index (χ1v) is 8.17. The van der Waals surface area contributed by atoms with Gasteiger partial charge in [-0.25, -0.2) is 0 Å². The zero-order chi connectivity index (χ0) is 15.4. The number of hydrazone groups is 1. The third kappa shape index (κ3) is 3.42. The average Bonchev–Trinajstić information content (AvgIpc) is 2.59. The zero-order valence-corrected chi connectivity index (χ0v) is 13.6. The van der Waals surface area contributed by atoms with Gasteiger partial charge in [0.1, 0.15) is 4.99 Å². The smallest absolute Gasteiger partial charge is 0.126 e. The number of benzene rings is 2. The molecule has 0 saturated carbocycles. The number of fused-ring (bicyclic) bond motifs is 1. The Kier molecular flexibility index (Phi) is 4.64. The lowest BCUT2D eigenvalue weighted by Crippen LogP contribution is -2.18. The molecule has 0 atom stereocenters. The molecule has 1 aliphatic rings. The second kappa shape index (κ2) is 6.84. The Labute approximate surface area is 137 Å². The van der Waals surface area contributed by atoms with E-state index in [9.17, 15) is 0 Å². The number of hydrogen-bond acceptors (Lipinski definition) is 2. The molecular formula is C19H20N2S. The summed E-state index contributed by atoms with van der Waals surface area (Å²) < 4.78 is 0. The van der Waals surface area contributed by atoms with E-state index < -0.39 is 0 Å². The largest absolute Gasteiger partial charge is 0.267 e. The monoisotopic (exact) mass is 308 g/mol. The van der Waals surface area contributed by atoms with Crippen molar-refractivity contribution in [2.45, 2.75) is 32.6 Å². The molecule has 0 amide bonds. The number of rotatable bonds is 3. The van der Waals surface area contributed by atoms with Crippen LogP contribution in [0.2, 0.25) is 0 Å². The third-order valence-electron chi connectivity index (χ3n) is 4.13. The van der Waals surface area contributed by atoms with Crippen LogP contribution >= 0.6 is 12.2 Å². The fourth-order valence-corrected chi connectivity index (χ4v) is 2.99. The van der Waals surface area contributed by atoms with Gasteiger partial charge in [-0.05, 0) is 55.4 Å². The maximum Gasteiger partial charge on any atom is 0.126 e. The quantitative estimate of drug-likeness (QED) is 0.520. The Bertz CT molecular complexity index is 705. The minimum Gasteiger partial charge on any atom is -0.267 e. The number of nitrogens with zero attached hydrogens (tertiary/aromatic N) is 1. The summed E-state index contributed by atoms with van der Waals surface area (Å²) in [6.45, 7) is 2.02. The van der Waals surface area contributed by atoms with Crippen LogP contribution in [0.25, 0.3) is 0 Å². The van der Waals surface area contributed by atoms with Gasteiger partial charge in [-0.2, -0.15) is 5.10 Å². The van der Waals surface area contributed by atoms with E-state index in [1.807, 2.05) is 37.3 Å². The average molecular weight is 308 g/mol. The second-order valence-electron chi connectivity index (χ2n) is 5.69. The molecule has 0 aliphatic heterocycles. The van der Waals surface area contributed by atoms with Crippen molar-refractivity contribution in [1.29, 1.82) is 0 Å². The van der Waals surface area contributed by atoms with Crippen LogP contribution in [0.15, 0.2) is 53.6 Å². The molecule has 2 nitrogen and oxygen atoms in total. The number of nitrogens with one attached hydrogen (secondary N) is 1. The number of hydrogen-bond donors (Lipinski definition) is 1. The van der Waals surface area contributed by atoms with E-state index >= 15 is 0 Å².